The summed E-state index contributed by atoms with van der Waals surface area (Å²) in [6.07, 6.45) is 1.61. The Kier molecular flexibility index (Phi) is 6.73. The van der Waals surface area contributed by atoms with Crippen LogP contribution in [-0.4, -0.2) is 28.0 Å². The molecule has 9 nitrogen and oxygen atoms in total. The lowest BCUT2D eigenvalue weighted by molar-refractivity contribution is 0.317. The van der Waals surface area contributed by atoms with Crippen LogP contribution in [0.4, 0.5) is 0 Å². The number of nitrogens with zero attached hydrogens (tertiary/aromatic N) is 3. The second-order valence-corrected chi connectivity index (χ2v) is 8.78. The van der Waals surface area contributed by atoms with Gasteiger partial charge in [-0.2, -0.15) is 10.5 Å². The van der Waals surface area contributed by atoms with Gasteiger partial charge in [-0.1, -0.05) is 12.1 Å². The average Bonchev–Trinajstić information content (AvgIpc) is 3.18. The van der Waals surface area contributed by atoms with E-state index >= 15 is 0 Å². The van der Waals surface area contributed by atoms with E-state index in [9.17, 15) is 25.5 Å². The lowest BCUT2D eigenvalue weighted by Gasteiger charge is -2.22. The standard InChI is InChI=1S/C26H22N4O5S/c1-3-34-20-9-14(5-7-18(20)31)10-22-25(33)30-24(29)16(12-27)23(17(13-28)26(30)36-22)15-6-8-19(32)21(11-15)35-4-2/h5-11,23,31-32H,3-4,29H2,1-2H3/b22-10+/t23-/m0/s1. The summed E-state index contributed by atoms with van der Waals surface area (Å²) in [6.45, 7) is 4.23. The summed E-state index contributed by atoms with van der Waals surface area (Å²) >= 11 is 1.07. The van der Waals surface area contributed by atoms with Crippen molar-refractivity contribution in [1.82, 2.24) is 4.57 Å². The molecule has 36 heavy (non-hydrogen) atoms. The van der Waals surface area contributed by atoms with Crippen LogP contribution in [0.3, 0.4) is 0 Å². The van der Waals surface area contributed by atoms with E-state index in [1.165, 1.54) is 16.7 Å². The van der Waals surface area contributed by atoms with Gasteiger partial charge in [0.15, 0.2) is 23.0 Å². The predicted octanol–water partition coefficient (Wildman–Crippen LogP) is 2.07. The number of hydrogen-bond acceptors (Lipinski definition) is 9. The third-order valence-electron chi connectivity index (χ3n) is 5.59. The van der Waals surface area contributed by atoms with Crippen molar-refractivity contribution in [2.45, 2.75) is 19.8 Å². The van der Waals surface area contributed by atoms with Gasteiger partial charge in [0, 0.05) is 0 Å². The molecule has 0 saturated carbocycles. The maximum Gasteiger partial charge on any atom is 0.274 e. The van der Waals surface area contributed by atoms with Gasteiger partial charge in [-0.3, -0.25) is 9.36 Å². The molecule has 4 N–H and O–H groups in total. The molecule has 3 aromatic rings. The summed E-state index contributed by atoms with van der Waals surface area (Å²) in [4.78, 5) is 13.3. The van der Waals surface area contributed by atoms with Gasteiger partial charge >= 0.3 is 0 Å². The zero-order valence-electron chi connectivity index (χ0n) is 19.5. The second kappa shape index (κ2) is 9.90. The first kappa shape index (κ1) is 24.5. The van der Waals surface area contributed by atoms with E-state index in [1.54, 1.807) is 44.2 Å². The Hall–Kier alpha value is -4.67. The number of fused-ring (bicyclic) bond motifs is 1. The van der Waals surface area contributed by atoms with E-state index in [0.29, 0.717) is 29.0 Å². The molecule has 10 heteroatoms. The fraction of sp³-hybridized carbons (Fsp3) is 0.192. The first-order chi connectivity index (χ1) is 17.3. The molecule has 0 unspecified atom stereocenters. The topological polar surface area (TPSA) is 155 Å². The number of ether oxygens (including phenoxy) is 2. The Bertz CT molecular complexity index is 1650. The quantitative estimate of drug-likeness (QED) is 0.463. The number of benzene rings is 2. The lowest BCUT2D eigenvalue weighted by atomic mass is 9.84. The van der Waals surface area contributed by atoms with E-state index in [0.717, 1.165) is 11.3 Å². The average molecular weight is 503 g/mol. The molecule has 0 saturated heterocycles. The van der Waals surface area contributed by atoms with Crippen molar-refractivity contribution in [3.63, 3.8) is 0 Å². The maximum atomic E-state index is 13.3. The molecule has 182 valence electrons. The largest absolute Gasteiger partial charge is 0.504 e. The second-order valence-electron chi connectivity index (χ2n) is 7.75. The van der Waals surface area contributed by atoms with Crippen molar-refractivity contribution in [2.75, 3.05) is 13.2 Å². The number of phenols is 2. The van der Waals surface area contributed by atoms with Gasteiger partial charge in [0.1, 0.15) is 10.5 Å². The Morgan fingerprint density at radius 3 is 2.25 bits per heavy atom. The fourth-order valence-corrected chi connectivity index (χ4v) is 5.14. The number of aromatic nitrogens is 1. The van der Waals surface area contributed by atoms with E-state index in [-0.39, 0.29) is 44.5 Å². The molecule has 1 aromatic heterocycles. The van der Waals surface area contributed by atoms with Crippen molar-refractivity contribution in [2.24, 2.45) is 5.73 Å². The molecule has 0 amide bonds. The summed E-state index contributed by atoms with van der Waals surface area (Å²) in [5.41, 5.74) is 7.19. The zero-order chi connectivity index (χ0) is 26.0. The highest BCUT2D eigenvalue weighted by Gasteiger charge is 2.32. The minimum Gasteiger partial charge on any atom is -0.504 e. The molecule has 2 aromatic carbocycles. The highest BCUT2D eigenvalue weighted by molar-refractivity contribution is 7.07. The minimum atomic E-state index is -0.844. The van der Waals surface area contributed by atoms with Crippen molar-refractivity contribution >= 4 is 28.8 Å². The van der Waals surface area contributed by atoms with Gasteiger partial charge in [-0.25, -0.2) is 0 Å². The summed E-state index contributed by atoms with van der Waals surface area (Å²) < 4.78 is 12.7. The molecule has 2 heterocycles. The number of aromatic hydroxyl groups is 2. The highest BCUT2D eigenvalue weighted by atomic mass is 32.1. The SMILES string of the molecule is CCOc1cc(/C=c2/sc3n(c2=O)C(N)=C(C#N)[C@H](c2ccc(O)c(OCC)c2)C=3C#N)ccc1O. The van der Waals surface area contributed by atoms with Crippen molar-refractivity contribution < 1.29 is 19.7 Å². The van der Waals surface area contributed by atoms with Crippen LogP contribution >= 0.6 is 11.3 Å². The first-order valence-electron chi connectivity index (χ1n) is 11.0. The fourth-order valence-electron chi connectivity index (χ4n) is 4.01. The van der Waals surface area contributed by atoms with E-state index in [2.05, 4.69) is 12.1 Å². The van der Waals surface area contributed by atoms with Gasteiger partial charge in [-0.05, 0) is 55.3 Å². The summed E-state index contributed by atoms with van der Waals surface area (Å²) in [7, 11) is 0. The molecule has 0 spiro atoms. The van der Waals surface area contributed by atoms with Gasteiger partial charge in [-0.15, -0.1) is 11.3 Å². The van der Waals surface area contributed by atoms with Gasteiger partial charge < -0.3 is 25.4 Å². The van der Waals surface area contributed by atoms with Crippen LogP contribution < -0.4 is 30.0 Å². The molecule has 0 aliphatic carbocycles. The summed E-state index contributed by atoms with van der Waals surface area (Å²) in [5.74, 6) is -0.515. The monoisotopic (exact) mass is 502 g/mol. The summed E-state index contributed by atoms with van der Waals surface area (Å²) in [5, 5.41) is 40.1. The molecule has 1 aliphatic heterocycles. The van der Waals surface area contributed by atoms with Gasteiger partial charge in [0.25, 0.3) is 5.56 Å². The van der Waals surface area contributed by atoms with E-state index < -0.39 is 11.5 Å². The number of hydrogen-bond donors (Lipinski definition) is 3. The van der Waals surface area contributed by atoms with Crippen LogP contribution in [0.5, 0.6) is 23.0 Å². The third kappa shape index (κ3) is 4.15. The maximum absolute atomic E-state index is 13.3. The van der Waals surface area contributed by atoms with Crippen molar-refractivity contribution in [1.29, 1.82) is 10.5 Å². The van der Waals surface area contributed by atoms with E-state index in [1.807, 2.05) is 0 Å². The number of nitrogens with two attached hydrogens (primary N) is 1. The lowest BCUT2D eigenvalue weighted by Crippen LogP contribution is -2.38. The van der Waals surface area contributed by atoms with Crippen LogP contribution in [0.1, 0.15) is 30.9 Å². The van der Waals surface area contributed by atoms with Gasteiger partial charge in [0.2, 0.25) is 0 Å². The number of thiazole rings is 1. The number of phenolic OH excluding ortho intramolecular Hbond substituents is 2. The zero-order valence-corrected chi connectivity index (χ0v) is 20.3. The number of nitriles is 2. The molecule has 1 atom stereocenters. The number of allylic oxidation sites excluding steroid dienone is 1. The Morgan fingerprint density at radius 1 is 1.03 bits per heavy atom. The molecule has 1 aliphatic rings. The molecule has 0 fully saturated rings. The molecular weight excluding hydrogens is 480 g/mol. The normalized spacial score (nSPS) is 15.3. The minimum absolute atomic E-state index is 0.0229. The van der Waals surface area contributed by atoms with Gasteiger partial charge in [0.05, 0.1) is 46.9 Å². The van der Waals surface area contributed by atoms with Crippen molar-refractivity contribution in [3.8, 4) is 35.1 Å². The molecule has 4 rings (SSSR count). The van der Waals surface area contributed by atoms with Crippen LogP contribution in [0.15, 0.2) is 46.8 Å². The van der Waals surface area contributed by atoms with Crippen LogP contribution in [-0.2, 0) is 0 Å². The molecule has 0 bridgehead atoms. The Balaban J connectivity index is 1.98. The Labute approximate surface area is 210 Å². The molecule has 0 radical (unpaired) electrons. The van der Waals surface area contributed by atoms with Crippen LogP contribution in [0.2, 0.25) is 0 Å². The first-order valence-corrected chi connectivity index (χ1v) is 11.9. The third-order valence-corrected chi connectivity index (χ3v) is 6.70. The predicted molar refractivity (Wildman–Crippen MR) is 135 cm³/mol. The van der Waals surface area contributed by atoms with E-state index in [4.69, 9.17) is 15.2 Å². The van der Waals surface area contributed by atoms with Crippen LogP contribution in [0, 0.1) is 22.7 Å². The highest BCUT2D eigenvalue weighted by Crippen LogP contribution is 2.39. The molecular formula is C26H22N4O5S. The van der Waals surface area contributed by atoms with Crippen LogP contribution in [0.25, 0.3) is 17.5 Å². The smallest absolute Gasteiger partial charge is 0.274 e. The number of rotatable bonds is 6. The summed E-state index contributed by atoms with van der Waals surface area (Å²) in [6, 6.07) is 13.5. The Morgan fingerprint density at radius 2 is 1.64 bits per heavy atom. The van der Waals surface area contributed by atoms with Crippen molar-refractivity contribution in [3.05, 3.63) is 72.6 Å².